The molecule has 0 spiro atoms. The minimum absolute atomic E-state index is 0.0825. The summed E-state index contributed by atoms with van der Waals surface area (Å²) >= 11 is 0. The molecule has 1 amide bonds. The molecule has 2 atom stereocenters. The summed E-state index contributed by atoms with van der Waals surface area (Å²) in [5, 5.41) is 3.17. The molecule has 2 heterocycles. The Balaban J connectivity index is 1.49. The molecule has 1 N–H and O–H groups in total. The molecule has 1 aromatic rings. The number of amides is 1. The van der Waals surface area contributed by atoms with Gasteiger partial charge in [0.05, 0.1) is 0 Å². The Labute approximate surface area is 126 Å². The number of hydrogen-bond donors (Lipinski definition) is 1. The van der Waals surface area contributed by atoms with E-state index < -0.39 is 0 Å². The minimum atomic E-state index is -0.213. The van der Waals surface area contributed by atoms with Crippen molar-refractivity contribution < 1.29 is 9.53 Å². The summed E-state index contributed by atoms with van der Waals surface area (Å²) in [6, 6.07) is 10.8. The highest BCUT2D eigenvalue weighted by atomic mass is 16.5. The standard InChI is InChI=1S/C17H24N2O2/c20-17(16-9-5-11-21-16)18-15-8-4-10-19(13-15)12-14-6-2-1-3-7-14/h1-3,6-7,15-16H,4-5,8-13H2,(H,18,20)/t15-,16-/m0/s1. The SMILES string of the molecule is O=C(N[C@H]1CCCN(Cc2ccccc2)C1)[C@@H]1CCCO1. The molecule has 2 aliphatic rings. The van der Waals surface area contributed by atoms with Gasteiger partial charge >= 0.3 is 0 Å². The van der Waals surface area contributed by atoms with E-state index in [1.165, 1.54) is 5.56 Å². The average molecular weight is 288 g/mol. The lowest BCUT2D eigenvalue weighted by Crippen LogP contribution is -2.49. The van der Waals surface area contributed by atoms with Crippen LogP contribution in [0.1, 0.15) is 31.2 Å². The van der Waals surface area contributed by atoms with Crippen LogP contribution in [0.15, 0.2) is 30.3 Å². The van der Waals surface area contributed by atoms with Gasteiger partial charge in [-0.05, 0) is 37.8 Å². The second kappa shape index (κ2) is 7.05. The highest BCUT2D eigenvalue weighted by Crippen LogP contribution is 2.16. The molecular weight excluding hydrogens is 264 g/mol. The molecule has 2 saturated heterocycles. The molecule has 0 saturated carbocycles. The van der Waals surface area contributed by atoms with E-state index in [9.17, 15) is 4.79 Å². The Hall–Kier alpha value is -1.39. The van der Waals surface area contributed by atoms with Crippen molar-refractivity contribution in [1.29, 1.82) is 0 Å². The molecule has 0 unspecified atom stereocenters. The number of benzene rings is 1. The molecular formula is C17H24N2O2. The summed E-state index contributed by atoms with van der Waals surface area (Å²) in [6.07, 6.45) is 3.87. The lowest BCUT2D eigenvalue weighted by atomic mass is 10.0. The average Bonchev–Trinajstić information content (AvgIpc) is 3.03. The highest BCUT2D eigenvalue weighted by Gasteiger charge is 2.27. The number of hydrogen-bond acceptors (Lipinski definition) is 3. The zero-order valence-corrected chi connectivity index (χ0v) is 12.5. The van der Waals surface area contributed by atoms with Crippen LogP contribution in [0.5, 0.6) is 0 Å². The Morgan fingerprint density at radius 3 is 2.86 bits per heavy atom. The van der Waals surface area contributed by atoms with Gasteiger partial charge in [0.1, 0.15) is 6.10 Å². The predicted octanol–water partition coefficient (Wildman–Crippen LogP) is 1.95. The highest BCUT2D eigenvalue weighted by molar-refractivity contribution is 5.81. The van der Waals surface area contributed by atoms with Crippen molar-refractivity contribution in [3.63, 3.8) is 0 Å². The fourth-order valence-electron chi connectivity index (χ4n) is 3.24. The van der Waals surface area contributed by atoms with Gasteiger partial charge in [-0.3, -0.25) is 9.69 Å². The number of nitrogens with zero attached hydrogens (tertiary/aromatic N) is 1. The Morgan fingerprint density at radius 2 is 2.10 bits per heavy atom. The first-order valence-electron chi connectivity index (χ1n) is 7.99. The smallest absolute Gasteiger partial charge is 0.249 e. The van der Waals surface area contributed by atoms with E-state index in [1.54, 1.807) is 0 Å². The van der Waals surface area contributed by atoms with Crippen LogP contribution >= 0.6 is 0 Å². The number of nitrogens with one attached hydrogen (secondary N) is 1. The number of piperidine rings is 1. The maximum Gasteiger partial charge on any atom is 0.249 e. The van der Waals surface area contributed by atoms with Gasteiger partial charge in [-0.1, -0.05) is 30.3 Å². The second-order valence-corrected chi connectivity index (χ2v) is 6.07. The van der Waals surface area contributed by atoms with Crippen LogP contribution in [0.3, 0.4) is 0 Å². The Bertz CT molecular complexity index is 457. The number of likely N-dealkylation sites (tertiary alicyclic amines) is 1. The Morgan fingerprint density at radius 1 is 1.24 bits per heavy atom. The summed E-state index contributed by atoms with van der Waals surface area (Å²) in [6.45, 7) is 3.74. The number of ether oxygens (including phenoxy) is 1. The maximum atomic E-state index is 12.1. The predicted molar refractivity (Wildman–Crippen MR) is 81.9 cm³/mol. The first-order chi connectivity index (χ1) is 10.3. The largest absolute Gasteiger partial charge is 0.368 e. The quantitative estimate of drug-likeness (QED) is 0.920. The minimum Gasteiger partial charge on any atom is -0.368 e. The third kappa shape index (κ3) is 4.05. The van der Waals surface area contributed by atoms with Crippen molar-refractivity contribution in [2.45, 2.75) is 44.4 Å². The van der Waals surface area contributed by atoms with E-state index in [0.717, 1.165) is 51.9 Å². The number of carbonyl (C=O) groups excluding carboxylic acids is 1. The summed E-state index contributed by atoms with van der Waals surface area (Å²) in [5.74, 6) is 0.0825. The van der Waals surface area contributed by atoms with Crippen LogP contribution in [0.2, 0.25) is 0 Å². The topological polar surface area (TPSA) is 41.6 Å². The Kier molecular flexibility index (Phi) is 4.88. The molecule has 4 nitrogen and oxygen atoms in total. The van der Waals surface area contributed by atoms with E-state index in [2.05, 4.69) is 34.5 Å². The molecule has 2 aliphatic heterocycles. The van der Waals surface area contributed by atoms with Crippen LogP contribution in [0.4, 0.5) is 0 Å². The van der Waals surface area contributed by atoms with Crippen LogP contribution in [-0.2, 0) is 16.1 Å². The molecule has 3 rings (SSSR count). The molecule has 0 radical (unpaired) electrons. The zero-order valence-electron chi connectivity index (χ0n) is 12.5. The van der Waals surface area contributed by atoms with Crippen molar-refractivity contribution in [3.8, 4) is 0 Å². The van der Waals surface area contributed by atoms with Crippen LogP contribution in [0.25, 0.3) is 0 Å². The van der Waals surface area contributed by atoms with Gasteiger partial charge in [0.15, 0.2) is 0 Å². The molecule has 4 heteroatoms. The maximum absolute atomic E-state index is 12.1. The van der Waals surface area contributed by atoms with Crippen LogP contribution in [0, 0.1) is 0 Å². The first-order valence-corrected chi connectivity index (χ1v) is 7.99. The number of carbonyl (C=O) groups is 1. The van der Waals surface area contributed by atoms with Gasteiger partial charge in [-0.15, -0.1) is 0 Å². The van der Waals surface area contributed by atoms with E-state index in [-0.39, 0.29) is 18.1 Å². The van der Waals surface area contributed by atoms with Gasteiger partial charge in [0.2, 0.25) is 5.91 Å². The fourth-order valence-corrected chi connectivity index (χ4v) is 3.24. The van der Waals surface area contributed by atoms with Crippen LogP contribution in [-0.4, -0.2) is 42.6 Å². The van der Waals surface area contributed by atoms with Gasteiger partial charge in [-0.2, -0.15) is 0 Å². The van der Waals surface area contributed by atoms with Gasteiger partial charge in [-0.25, -0.2) is 0 Å². The van der Waals surface area contributed by atoms with Crippen molar-refractivity contribution in [2.24, 2.45) is 0 Å². The molecule has 0 aliphatic carbocycles. The summed E-state index contributed by atoms with van der Waals surface area (Å²) in [5.41, 5.74) is 1.34. The number of rotatable bonds is 4. The normalized spacial score (nSPS) is 26.7. The molecule has 2 fully saturated rings. The third-order valence-corrected chi connectivity index (χ3v) is 4.32. The van der Waals surface area contributed by atoms with Crippen LogP contribution < -0.4 is 5.32 Å². The molecule has 0 aromatic heterocycles. The fraction of sp³-hybridized carbons (Fsp3) is 0.588. The molecule has 0 bridgehead atoms. The third-order valence-electron chi connectivity index (χ3n) is 4.32. The van der Waals surface area contributed by atoms with Crippen molar-refractivity contribution >= 4 is 5.91 Å². The van der Waals surface area contributed by atoms with E-state index in [4.69, 9.17) is 4.74 Å². The van der Waals surface area contributed by atoms with Crippen molar-refractivity contribution in [1.82, 2.24) is 10.2 Å². The molecule has 21 heavy (non-hydrogen) atoms. The molecule has 1 aromatic carbocycles. The van der Waals surface area contributed by atoms with Gasteiger partial charge in [0, 0.05) is 25.7 Å². The monoisotopic (exact) mass is 288 g/mol. The lowest BCUT2D eigenvalue weighted by Gasteiger charge is -2.33. The first kappa shape index (κ1) is 14.5. The zero-order chi connectivity index (χ0) is 14.5. The van der Waals surface area contributed by atoms with E-state index >= 15 is 0 Å². The van der Waals surface area contributed by atoms with Crippen molar-refractivity contribution in [2.75, 3.05) is 19.7 Å². The summed E-state index contributed by atoms with van der Waals surface area (Å²) in [4.78, 5) is 14.6. The molecule has 114 valence electrons. The van der Waals surface area contributed by atoms with E-state index in [0.29, 0.717) is 0 Å². The second-order valence-electron chi connectivity index (χ2n) is 6.07. The van der Waals surface area contributed by atoms with E-state index in [1.807, 2.05) is 6.07 Å². The summed E-state index contributed by atoms with van der Waals surface area (Å²) < 4.78 is 5.45. The van der Waals surface area contributed by atoms with Gasteiger partial charge in [0.25, 0.3) is 0 Å². The van der Waals surface area contributed by atoms with Gasteiger partial charge < -0.3 is 10.1 Å². The lowest BCUT2D eigenvalue weighted by molar-refractivity contribution is -0.131. The van der Waals surface area contributed by atoms with Crippen molar-refractivity contribution in [3.05, 3.63) is 35.9 Å². The summed E-state index contributed by atoms with van der Waals surface area (Å²) in [7, 11) is 0.